The van der Waals surface area contributed by atoms with Crippen LogP contribution >= 0.6 is 0 Å². The molecule has 0 aliphatic carbocycles. The molecular weight excluding hydrogens is 295 g/mol. The molecule has 0 saturated carbocycles. The third-order valence-electron chi connectivity index (χ3n) is 3.42. The number of aromatic carboxylic acids is 1. The van der Waals surface area contributed by atoms with Gasteiger partial charge in [-0.05, 0) is 29.8 Å². The average molecular weight is 305 g/mol. The van der Waals surface area contributed by atoms with Gasteiger partial charge in [0, 0.05) is 18.0 Å². The quantitative estimate of drug-likeness (QED) is 0.766. The van der Waals surface area contributed by atoms with Gasteiger partial charge in [-0.15, -0.1) is 0 Å². The SMILES string of the molecule is O=C(O)c1c(-c2ccc(C(F)(F)F)cc2)cn2ccccc12. The molecule has 0 fully saturated rings. The van der Waals surface area contributed by atoms with Crippen molar-refractivity contribution < 1.29 is 23.1 Å². The van der Waals surface area contributed by atoms with Crippen LogP contribution in [0.5, 0.6) is 0 Å². The molecule has 6 heteroatoms. The highest BCUT2D eigenvalue weighted by molar-refractivity contribution is 6.03. The zero-order valence-electron chi connectivity index (χ0n) is 11.1. The highest BCUT2D eigenvalue weighted by atomic mass is 19.4. The Balaban J connectivity index is 2.18. The Morgan fingerprint density at radius 1 is 1.05 bits per heavy atom. The second kappa shape index (κ2) is 4.91. The van der Waals surface area contributed by atoms with E-state index in [-0.39, 0.29) is 5.56 Å². The molecule has 2 aromatic heterocycles. The maximum atomic E-state index is 12.6. The first-order valence-corrected chi connectivity index (χ1v) is 6.38. The van der Waals surface area contributed by atoms with Crippen LogP contribution in [0.25, 0.3) is 16.6 Å². The number of halogens is 3. The Hall–Kier alpha value is -2.76. The van der Waals surface area contributed by atoms with E-state index in [1.165, 1.54) is 12.1 Å². The van der Waals surface area contributed by atoms with Crippen molar-refractivity contribution in [1.29, 1.82) is 0 Å². The molecule has 1 aromatic carbocycles. The fraction of sp³-hybridized carbons (Fsp3) is 0.0625. The van der Waals surface area contributed by atoms with Gasteiger partial charge in [-0.3, -0.25) is 0 Å². The Morgan fingerprint density at radius 3 is 2.32 bits per heavy atom. The molecule has 112 valence electrons. The number of carboxylic acids is 1. The van der Waals surface area contributed by atoms with Crippen LogP contribution in [-0.2, 0) is 6.18 Å². The van der Waals surface area contributed by atoms with E-state index in [0.717, 1.165) is 12.1 Å². The lowest BCUT2D eigenvalue weighted by Crippen LogP contribution is -2.04. The van der Waals surface area contributed by atoms with E-state index in [9.17, 15) is 23.1 Å². The van der Waals surface area contributed by atoms with E-state index in [1.54, 1.807) is 35.0 Å². The van der Waals surface area contributed by atoms with Crippen LogP contribution in [0.4, 0.5) is 13.2 Å². The highest BCUT2D eigenvalue weighted by Gasteiger charge is 2.30. The van der Waals surface area contributed by atoms with Crippen molar-refractivity contribution in [2.75, 3.05) is 0 Å². The Labute approximate surface area is 123 Å². The number of hydrogen-bond donors (Lipinski definition) is 1. The lowest BCUT2D eigenvalue weighted by Gasteiger charge is -2.07. The van der Waals surface area contributed by atoms with E-state index in [2.05, 4.69) is 0 Å². The zero-order valence-corrected chi connectivity index (χ0v) is 11.1. The zero-order chi connectivity index (χ0) is 15.9. The molecule has 0 saturated heterocycles. The molecule has 0 aliphatic heterocycles. The molecular formula is C16H10F3NO2. The van der Waals surface area contributed by atoms with Gasteiger partial charge >= 0.3 is 12.1 Å². The third-order valence-corrected chi connectivity index (χ3v) is 3.42. The van der Waals surface area contributed by atoms with Crippen molar-refractivity contribution in [2.45, 2.75) is 6.18 Å². The van der Waals surface area contributed by atoms with Crippen LogP contribution in [0.1, 0.15) is 15.9 Å². The number of hydrogen-bond acceptors (Lipinski definition) is 1. The number of benzene rings is 1. The molecule has 3 rings (SSSR count). The minimum Gasteiger partial charge on any atom is -0.478 e. The van der Waals surface area contributed by atoms with Crippen molar-refractivity contribution in [3.8, 4) is 11.1 Å². The van der Waals surface area contributed by atoms with Crippen molar-refractivity contribution in [3.05, 3.63) is 66.0 Å². The molecule has 3 nitrogen and oxygen atoms in total. The summed E-state index contributed by atoms with van der Waals surface area (Å²) in [5, 5.41) is 9.40. The summed E-state index contributed by atoms with van der Waals surface area (Å²) in [5.41, 5.74) is 0.601. The largest absolute Gasteiger partial charge is 0.478 e. The molecule has 0 atom stereocenters. The molecule has 0 aliphatic rings. The van der Waals surface area contributed by atoms with Crippen LogP contribution in [-0.4, -0.2) is 15.5 Å². The van der Waals surface area contributed by atoms with E-state index in [4.69, 9.17) is 0 Å². The number of rotatable bonds is 2. The van der Waals surface area contributed by atoms with Crippen LogP contribution in [0, 0.1) is 0 Å². The first-order chi connectivity index (χ1) is 10.4. The van der Waals surface area contributed by atoms with Gasteiger partial charge in [0.2, 0.25) is 0 Å². The van der Waals surface area contributed by atoms with Gasteiger partial charge in [0.25, 0.3) is 0 Å². The molecule has 22 heavy (non-hydrogen) atoms. The van der Waals surface area contributed by atoms with Gasteiger partial charge in [0.15, 0.2) is 0 Å². The molecule has 0 amide bonds. The van der Waals surface area contributed by atoms with Gasteiger partial charge in [-0.25, -0.2) is 4.79 Å². The second-order valence-electron chi connectivity index (χ2n) is 4.79. The van der Waals surface area contributed by atoms with Crippen LogP contribution in [0.15, 0.2) is 54.9 Å². The number of carboxylic acid groups (broad SMARTS) is 1. The lowest BCUT2D eigenvalue weighted by molar-refractivity contribution is -0.137. The Kier molecular flexibility index (Phi) is 3.16. The molecule has 2 heterocycles. The van der Waals surface area contributed by atoms with Crippen molar-refractivity contribution in [3.63, 3.8) is 0 Å². The van der Waals surface area contributed by atoms with Crippen LogP contribution < -0.4 is 0 Å². The van der Waals surface area contributed by atoms with Gasteiger partial charge in [-0.2, -0.15) is 13.2 Å². The van der Waals surface area contributed by atoms with Gasteiger partial charge < -0.3 is 9.51 Å². The Bertz CT molecular complexity index is 848. The topological polar surface area (TPSA) is 41.7 Å². The van der Waals surface area contributed by atoms with Gasteiger partial charge in [-0.1, -0.05) is 18.2 Å². The normalized spacial score (nSPS) is 11.8. The highest BCUT2D eigenvalue weighted by Crippen LogP contribution is 2.33. The number of fused-ring (bicyclic) bond motifs is 1. The first-order valence-electron chi connectivity index (χ1n) is 6.38. The lowest BCUT2D eigenvalue weighted by atomic mass is 10.0. The predicted molar refractivity (Wildman–Crippen MR) is 74.8 cm³/mol. The minimum absolute atomic E-state index is 0.0698. The number of alkyl halides is 3. The summed E-state index contributed by atoms with van der Waals surface area (Å²) in [6, 6.07) is 9.56. The second-order valence-corrected chi connectivity index (χ2v) is 4.79. The van der Waals surface area contributed by atoms with Crippen molar-refractivity contribution in [2.24, 2.45) is 0 Å². The van der Waals surface area contributed by atoms with E-state index < -0.39 is 17.7 Å². The van der Waals surface area contributed by atoms with E-state index in [0.29, 0.717) is 16.6 Å². The maximum absolute atomic E-state index is 12.6. The van der Waals surface area contributed by atoms with E-state index in [1.807, 2.05) is 0 Å². The van der Waals surface area contributed by atoms with Crippen molar-refractivity contribution >= 4 is 11.5 Å². The number of carbonyl (C=O) groups is 1. The summed E-state index contributed by atoms with van der Waals surface area (Å²) in [6.07, 6.45) is -1.13. The molecule has 0 unspecified atom stereocenters. The summed E-state index contributed by atoms with van der Waals surface area (Å²) in [7, 11) is 0. The molecule has 3 aromatic rings. The predicted octanol–water partition coefficient (Wildman–Crippen LogP) is 4.32. The summed E-state index contributed by atoms with van der Waals surface area (Å²) in [5.74, 6) is -1.12. The molecule has 0 radical (unpaired) electrons. The van der Waals surface area contributed by atoms with Gasteiger partial charge in [0.05, 0.1) is 16.6 Å². The summed E-state index contributed by atoms with van der Waals surface area (Å²) in [4.78, 5) is 11.5. The standard InChI is InChI=1S/C16H10F3NO2/c17-16(18,19)11-6-4-10(5-7-11)12-9-20-8-2-1-3-13(20)14(12)15(21)22/h1-9H,(H,21,22). The first kappa shape index (κ1) is 14.2. The monoisotopic (exact) mass is 305 g/mol. The number of pyridine rings is 1. The average Bonchev–Trinajstić information content (AvgIpc) is 2.86. The maximum Gasteiger partial charge on any atom is 0.416 e. The smallest absolute Gasteiger partial charge is 0.416 e. The molecule has 0 spiro atoms. The van der Waals surface area contributed by atoms with E-state index >= 15 is 0 Å². The minimum atomic E-state index is -4.42. The van der Waals surface area contributed by atoms with Gasteiger partial charge in [0.1, 0.15) is 0 Å². The van der Waals surface area contributed by atoms with Crippen LogP contribution in [0.3, 0.4) is 0 Å². The number of aromatic nitrogens is 1. The van der Waals surface area contributed by atoms with Crippen LogP contribution in [0.2, 0.25) is 0 Å². The summed E-state index contributed by atoms with van der Waals surface area (Å²) in [6.45, 7) is 0. The molecule has 0 bridgehead atoms. The summed E-state index contributed by atoms with van der Waals surface area (Å²) >= 11 is 0. The Morgan fingerprint density at radius 2 is 1.73 bits per heavy atom. The fourth-order valence-electron chi connectivity index (χ4n) is 2.40. The third kappa shape index (κ3) is 2.32. The van der Waals surface area contributed by atoms with Crippen molar-refractivity contribution in [1.82, 2.24) is 4.40 Å². The summed E-state index contributed by atoms with van der Waals surface area (Å²) < 4.78 is 39.4. The molecule has 1 N–H and O–H groups in total. The fourth-order valence-corrected chi connectivity index (χ4v) is 2.40. The number of nitrogens with zero attached hydrogens (tertiary/aromatic N) is 1.